The van der Waals surface area contributed by atoms with Crippen molar-refractivity contribution >= 4 is 23.7 Å². The molecule has 2 N–H and O–H groups in total. The van der Waals surface area contributed by atoms with Gasteiger partial charge in [0.15, 0.2) is 0 Å². The molecule has 34 heavy (non-hydrogen) atoms. The maximum Gasteiger partial charge on any atom is 0.408 e. The number of carbonyl (C=O) groups is 3. The van der Waals surface area contributed by atoms with Gasteiger partial charge >= 0.3 is 12.1 Å². The van der Waals surface area contributed by atoms with E-state index in [1.165, 1.54) is 18.2 Å². The smallest absolute Gasteiger partial charge is 0.408 e. The van der Waals surface area contributed by atoms with Crippen LogP contribution in [-0.4, -0.2) is 24.0 Å². The Labute approximate surface area is 196 Å². The molecule has 0 radical (unpaired) electrons. The van der Waals surface area contributed by atoms with Gasteiger partial charge in [-0.15, -0.1) is 0 Å². The summed E-state index contributed by atoms with van der Waals surface area (Å²) in [5, 5.41) is 4.92. The van der Waals surface area contributed by atoms with Crippen molar-refractivity contribution in [2.75, 3.05) is 5.32 Å². The fourth-order valence-corrected chi connectivity index (χ4v) is 3.04. The molecule has 0 fully saturated rings. The molecule has 3 aromatic carbocycles. The van der Waals surface area contributed by atoms with E-state index in [1.54, 1.807) is 30.3 Å². The third-order valence-electron chi connectivity index (χ3n) is 4.82. The molecule has 0 heterocycles. The van der Waals surface area contributed by atoms with Crippen LogP contribution >= 0.6 is 0 Å². The van der Waals surface area contributed by atoms with E-state index in [2.05, 4.69) is 10.6 Å². The minimum atomic E-state index is -1.13. The van der Waals surface area contributed by atoms with Crippen molar-refractivity contribution in [3.63, 3.8) is 0 Å². The molecule has 0 aliphatic rings. The van der Waals surface area contributed by atoms with Crippen molar-refractivity contribution in [1.82, 2.24) is 5.32 Å². The molecular weight excluding hydrogens is 439 g/mol. The van der Waals surface area contributed by atoms with E-state index in [4.69, 9.17) is 9.47 Å². The number of alkyl carbamates (subject to hydrolysis) is 1. The average molecular weight is 464 g/mol. The van der Waals surface area contributed by atoms with Crippen LogP contribution in [0.5, 0.6) is 0 Å². The topological polar surface area (TPSA) is 93.7 Å². The predicted molar refractivity (Wildman–Crippen MR) is 124 cm³/mol. The Hall–Kier alpha value is -4.20. The second kappa shape index (κ2) is 12.7. The molecule has 0 bridgehead atoms. The number of carbonyl (C=O) groups excluding carboxylic acids is 3. The molecule has 0 saturated carbocycles. The van der Waals surface area contributed by atoms with Gasteiger partial charge in [-0.25, -0.2) is 14.0 Å². The number of hydrogen-bond donors (Lipinski definition) is 2. The minimum absolute atomic E-state index is 0.0122. The van der Waals surface area contributed by atoms with Crippen molar-refractivity contribution in [2.45, 2.75) is 32.1 Å². The van der Waals surface area contributed by atoms with Crippen molar-refractivity contribution in [3.05, 3.63) is 102 Å². The van der Waals surface area contributed by atoms with E-state index in [0.29, 0.717) is 0 Å². The maximum absolute atomic E-state index is 13.8. The summed E-state index contributed by atoms with van der Waals surface area (Å²) in [6.45, 7) is 0.0323. The molecule has 0 saturated heterocycles. The van der Waals surface area contributed by atoms with Gasteiger partial charge in [0.2, 0.25) is 5.91 Å². The number of esters is 1. The lowest BCUT2D eigenvalue weighted by molar-refractivity contribution is -0.147. The summed E-state index contributed by atoms with van der Waals surface area (Å²) in [6.07, 6.45) is -1.03. The zero-order chi connectivity index (χ0) is 24.2. The van der Waals surface area contributed by atoms with E-state index in [0.717, 1.165) is 11.1 Å². The lowest BCUT2D eigenvalue weighted by Crippen LogP contribution is -2.42. The molecule has 3 rings (SSSR count). The predicted octanol–water partition coefficient (Wildman–Crippen LogP) is 4.58. The quantitative estimate of drug-likeness (QED) is 0.428. The second-order valence-corrected chi connectivity index (χ2v) is 7.42. The second-order valence-electron chi connectivity index (χ2n) is 7.42. The van der Waals surface area contributed by atoms with Crippen LogP contribution in [-0.2, 0) is 32.3 Å². The van der Waals surface area contributed by atoms with Crippen molar-refractivity contribution in [2.24, 2.45) is 0 Å². The summed E-state index contributed by atoms with van der Waals surface area (Å²) >= 11 is 0. The lowest BCUT2D eigenvalue weighted by Gasteiger charge is -2.18. The zero-order valence-corrected chi connectivity index (χ0v) is 18.4. The normalized spacial score (nSPS) is 11.2. The highest BCUT2D eigenvalue weighted by atomic mass is 19.1. The Morgan fingerprint density at radius 1 is 0.765 bits per heavy atom. The van der Waals surface area contributed by atoms with E-state index >= 15 is 0 Å². The van der Waals surface area contributed by atoms with Gasteiger partial charge < -0.3 is 20.1 Å². The fourth-order valence-electron chi connectivity index (χ4n) is 3.04. The Morgan fingerprint density at radius 2 is 1.32 bits per heavy atom. The van der Waals surface area contributed by atoms with Crippen LogP contribution in [0.1, 0.15) is 24.0 Å². The van der Waals surface area contributed by atoms with Crippen LogP contribution in [0.4, 0.5) is 14.9 Å². The van der Waals surface area contributed by atoms with Gasteiger partial charge in [0, 0.05) is 6.42 Å². The molecule has 0 aromatic heterocycles. The first-order chi connectivity index (χ1) is 16.5. The number of anilines is 1. The van der Waals surface area contributed by atoms with Crippen LogP contribution in [0.15, 0.2) is 84.9 Å². The first kappa shape index (κ1) is 24.4. The van der Waals surface area contributed by atoms with Gasteiger partial charge in [-0.1, -0.05) is 72.8 Å². The van der Waals surface area contributed by atoms with Crippen molar-refractivity contribution in [3.8, 4) is 0 Å². The van der Waals surface area contributed by atoms with Gasteiger partial charge in [0.05, 0.1) is 5.69 Å². The Kier molecular flexibility index (Phi) is 9.16. The fraction of sp³-hybridized carbons (Fsp3) is 0.192. The molecule has 8 heteroatoms. The molecule has 2 amide bonds. The zero-order valence-electron chi connectivity index (χ0n) is 18.4. The van der Waals surface area contributed by atoms with Crippen molar-refractivity contribution in [1.29, 1.82) is 0 Å². The van der Waals surface area contributed by atoms with Crippen LogP contribution in [0.3, 0.4) is 0 Å². The highest BCUT2D eigenvalue weighted by Gasteiger charge is 2.24. The molecule has 176 valence electrons. The number of halogens is 1. The SMILES string of the molecule is O=C(CC[C@H](NC(=O)OCc1ccccc1)C(=O)OCc1ccccc1)Nc1ccccc1F. The van der Waals surface area contributed by atoms with Crippen molar-refractivity contribution < 1.29 is 28.2 Å². The number of para-hydroxylation sites is 1. The van der Waals surface area contributed by atoms with Gasteiger partial charge in [0.25, 0.3) is 0 Å². The number of rotatable bonds is 10. The Balaban J connectivity index is 1.57. The summed E-state index contributed by atoms with van der Waals surface area (Å²) in [5.41, 5.74) is 1.59. The van der Waals surface area contributed by atoms with Crippen LogP contribution in [0.25, 0.3) is 0 Å². The number of nitrogens with one attached hydrogen (secondary N) is 2. The molecule has 0 spiro atoms. The molecule has 1 atom stereocenters. The largest absolute Gasteiger partial charge is 0.459 e. The van der Waals surface area contributed by atoms with E-state index in [1.807, 2.05) is 36.4 Å². The highest BCUT2D eigenvalue weighted by molar-refractivity contribution is 5.91. The van der Waals surface area contributed by atoms with E-state index in [-0.39, 0.29) is 31.7 Å². The Bertz CT molecular complexity index is 1090. The molecular formula is C26H25FN2O5. The van der Waals surface area contributed by atoms with Gasteiger partial charge in [-0.05, 0) is 29.7 Å². The third-order valence-corrected chi connectivity index (χ3v) is 4.82. The summed E-state index contributed by atoms with van der Waals surface area (Å²) in [7, 11) is 0. The number of amides is 2. The standard InChI is InChI=1S/C26H25FN2O5/c27-21-13-7-8-14-22(21)28-24(30)16-15-23(25(31)33-17-19-9-3-1-4-10-19)29-26(32)34-18-20-11-5-2-6-12-20/h1-14,23H,15-18H2,(H,28,30)(H,29,32)/t23-/m0/s1. The molecule has 0 unspecified atom stereocenters. The minimum Gasteiger partial charge on any atom is -0.459 e. The van der Waals surface area contributed by atoms with E-state index < -0.39 is 29.8 Å². The van der Waals surface area contributed by atoms with E-state index in [9.17, 15) is 18.8 Å². The number of benzene rings is 3. The number of ether oxygens (including phenoxy) is 2. The van der Waals surface area contributed by atoms with Gasteiger partial charge in [-0.2, -0.15) is 0 Å². The maximum atomic E-state index is 13.8. The van der Waals surface area contributed by atoms with Gasteiger partial charge in [0.1, 0.15) is 25.1 Å². The monoisotopic (exact) mass is 464 g/mol. The average Bonchev–Trinajstić information content (AvgIpc) is 2.86. The van der Waals surface area contributed by atoms with Gasteiger partial charge in [-0.3, -0.25) is 4.79 Å². The Morgan fingerprint density at radius 3 is 1.94 bits per heavy atom. The first-order valence-electron chi connectivity index (χ1n) is 10.7. The van der Waals surface area contributed by atoms with Crippen LogP contribution < -0.4 is 10.6 Å². The number of hydrogen-bond acceptors (Lipinski definition) is 5. The highest BCUT2D eigenvalue weighted by Crippen LogP contribution is 2.14. The summed E-state index contributed by atoms with van der Waals surface area (Å²) in [4.78, 5) is 37.3. The van der Waals surface area contributed by atoms with Crippen LogP contribution in [0.2, 0.25) is 0 Å². The molecule has 0 aliphatic heterocycles. The molecule has 7 nitrogen and oxygen atoms in total. The summed E-state index contributed by atoms with van der Waals surface area (Å²) in [6, 6.07) is 22.8. The summed E-state index contributed by atoms with van der Waals surface area (Å²) in [5.74, 6) is -1.79. The first-order valence-corrected chi connectivity index (χ1v) is 10.7. The lowest BCUT2D eigenvalue weighted by atomic mass is 10.1. The molecule has 0 aliphatic carbocycles. The summed E-state index contributed by atoms with van der Waals surface area (Å²) < 4.78 is 24.3. The van der Waals surface area contributed by atoms with Crippen LogP contribution in [0, 0.1) is 5.82 Å². The molecule has 3 aromatic rings. The third kappa shape index (κ3) is 8.05.